The van der Waals surface area contributed by atoms with Gasteiger partial charge in [-0.1, -0.05) is 109 Å². The normalized spacial score (nSPS) is 10.9. The lowest BCUT2D eigenvalue weighted by Crippen LogP contribution is -2.28. The zero-order chi connectivity index (χ0) is 20.7. The maximum Gasteiger partial charge on any atom is 0.152 e. The van der Waals surface area contributed by atoms with Gasteiger partial charge in [0.25, 0.3) is 0 Å². The minimum absolute atomic E-state index is 0.650. The first-order valence-corrected chi connectivity index (χ1v) is 11.9. The Labute approximate surface area is 178 Å². The molecule has 30 heavy (non-hydrogen) atoms. The fourth-order valence-electron chi connectivity index (χ4n) is 3.81. The third-order valence-corrected chi connectivity index (χ3v) is 9.30. The lowest BCUT2D eigenvalue weighted by atomic mass is 10.2. The summed E-state index contributed by atoms with van der Waals surface area (Å²) in [5, 5.41) is 7.41. The Kier molecular flexibility index (Phi) is 6.27. The van der Waals surface area contributed by atoms with Gasteiger partial charge in [0, 0.05) is 17.8 Å². The van der Waals surface area contributed by atoms with Gasteiger partial charge in [0.05, 0.1) is 0 Å². The van der Waals surface area contributed by atoms with Crippen LogP contribution in [0.2, 0.25) is 0 Å². The summed E-state index contributed by atoms with van der Waals surface area (Å²) in [6.07, 6.45) is 0.899. The third kappa shape index (κ3) is 4.01. The van der Waals surface area contributed by atoms with Crippen molar-refractivity contribution >= 4 is 40.6 Å². The topological polar surface area (TPSA) is 29.1 Å². The summed E-state index contributed by atoms with van der Waals surface area (Å²) >= 11 is 0. The number of para-hydroxylation sites is 1. The van der Waals surface area contributed by atoms with Crippen LogP contribution in [0.1, 0.15) is 10.4 Å². The van der Waals surface area contributed by atoms with Crippen LogP contribution in [0.5, 0.6) is 0 Å². The van der Waals surface area contributed by atoms with Gasteiger partial charge in [0.15, 0.2) is 6.29 Å². The molecule has 0 bridgehead atoms. The van der Waals surface area contributed by atoms with Gasteiger partial charge in [-0.2, -0.15) is 0 Å². The summed E-state index contributed by atoms with van der Waals surface area (Å²) in [6, 6.07) is 39.8. The molecule has 148 valence electrons. The summed E-state index contributed by atoms with van der Waals surface area (Å²) in [6.45, 7) is -1.34. The molecule has 0 radical (unpaired) electrons. The smallest absolute Gasteiger partial charge is 0.152 e. The Balaban J connectivity index is 1.88. The van der Waals surface area contributed by atoms with Gasteiger partial charge < -0.3 is 5.32 Å². The van der Waals surface area contributed by atoms with Gasteiger partial charge in [0.2, 0.25) is 0 Å². The van der Waals surface area contributed by atoms with E-state index in [9.17, 15) is 4.79 Å². The van der Waals surface area contributed by atoms with Crippen LogP contribution < -0.4 is 21.2 Å². The van der Waals surface area contributed by atoms with Gasteiger partial charge in [-0.15, -0.1) is 0 Å². The second-order valence-corrected chi connectivity index (χ2v) is 10.4. The molecule has 0 atom stereocenters. The number of hydrogen-bond donors (Lipinski definition) is 1. The fraction of sp³-hybridized carbons (Fsp3) is 0.0370. The molecular weight excluding hydrogens is 385 g/mol. The molecular formula is C27H24NOP. The first-order chi connectivity index (χ1) is 14.8. The number of benzene rings is 4. The molecule has 4 aromatic carbocycles. The Hall–Kier alpha value is -3.35. The summed E-state index contributed by atoms with van der Waals surface area (Å²) in [4.78, 5) is 11.4. The van der Waals surface area contributed by atoms with Gasteiger partial charge in [-0.25, -0.2) is 0 Å². The highest BCUT2D eigenvalue weighted by Gasteiger charge is 2.24. The monoisotopic (exact) mass is 409 g/mol. The lowest BCUT2D eigenvalue weighted by Gasteiger charge is -2.29. The number of anilines is 1. The Morgan fingerprint density at radius 2 is 1.03 bits per heavy atom. The second kappa shape index (κ2) is 9.43. The number of carbonyl (C=O) groups is 1. The van der Waals surface area contributed by atoms with E-state index in [1.807, 2.05) is 24.3 Å². The van der Waals surface area contributed by atoms with E-state index in [2.05, 4.69) is 102 Å². The molecule has 0 fully saturated rings. The average molecular weight is 409 g/mol. The Morgan fingerprint density at radius 1 is 0.600 bits per heavy atom. The zero-order valence-electron chi connectivity index (χ0n) is 16.7. The van der Waals surface area contributed by atoms with Crippen molar-refractivity contribution in [3.63, 3.8) is 0 Å². The van der Waals surface area contributed by atoms with Crippen LogP contribution in [-0.4, -0.2) is 18.6 Å². The van der Waals surface area contributed by atoms with E-state index >= 15 is 0 Å². The van der Waals surface area contributed by atoms with Crippen molar-refractivity contribution in [1.82, 2.24) is 0 Å². The average Bonchev–Trinajstić information content (AvgIpc) is 2.84. The van der Waals surface area contributed by atoms with Crippen LogP contribution in [0.4, 0.5) is 5.69 Å². The van der Waals surface area contributed by atoms with Crippen LogP contribution >= 0.6 is 6.89 Å². The van der Waals surface area contributed by atoms with E-state index in [4.69, 9.17) is 0 Å². The second-order valence-electron chi connectivity index (χ2n) is 7.00. The molecule has 0 aliphatic rings. The van der Waals surface area contributed by atoms with Crippen molar-refractivity contribution in [2.75, 3.05) is 11.9 Å². The number of hydrogen-bond acceptors (Lipinski definition) is 2. The molecule has 0 aromatic heterocycles. The molecule has 4 rings (SSSR count). The van der Waals surface area contributed by atoms with Crippen LogP contribution in [-0.2, 0) is 0 Å². The minimum atomic E-state index is -1.99. The molecule has 1 N–H and O–H groups in total. The molecule has 0 spiro atoms. The molecule has 0 unspecified atom stereocenters. The van der Waals surface area contributed by atoms with Gasteiger partial charge in [-0.05, 0) is 34.9 Å². The number of rotatable bonds is 7. The Bertz CT molecular complexity index is 1050. The standard InChI is InChI=1S/C27H24NOP/c29-22-23-12-10-11-19-27(23)28-20-21-30(24-13-4-1-5-14-24,25-15-6-2-7-16-25)26-17-8-3-9-18-26/h1-19,21-22,28H,20H2. The predicted molar refractivity (Wildman–Crippen MR) is 132 cm³/mol. The van der Waals surface area contributed by atoms with E-state index in [0.29, 0.717) is 12.1 Å². The van der Waals surface area contributed by atoms with E-state index in [0.717, 1.165) is 12.0 Å². The largest absolute Gasteiger partial charge is 0.381 e. The predicted octanol–water partition coefficient (Wildman–Crippen LogP) is 4.71. The van der Waals surface area contributed by atoms with Crippen molar-refractivity contribution in [2.24, 2.45) is 0 Å². The molecule has 0 aliphatic carbocycles. The summed E-state index contributed by atoms with van der Waals surface area (Å²) in [5.41, 5.74) is 1.53. The highest BCUT2D eigenvalue weighted by molar-refractivity contribution is 7.94. The van der Waals surface area contributed by atoms with Gasteiger partial charge >= 0.3 is 0 Å². The fourth-order valence-corrected chi connectivity index (χ4v) is 7.63. The summed E-state index contributed by atoms with van der Waals surface area (Å²) < 4.78 is 0. The summed E-state index contributed by atoms with van der Waals surface area (Å²) in [7, 11) is 0. The zero-order valence-corrected chi connectivity index (χ0v) is 17.6. The first-order valence-electron chi connectivity index (χ1n) is 10.0. The van der Waals surface area contributed by atoms with Gasteiger partial charge in [-0.3, -0.25) is 4.79 Å². The molecule has 3 heteroatoms. The van der Waals surface area contributed by atoms with E-state index in [1.54, 1.807) is 0 Å². The molecule has 0 saturated heterocycles. The van der Waals surface area contributed by atoms with Crippen molar-refractivity contribution in [2.45, 2.75) is 0 Å². The summed E-state index contributed by atoms with van der Waals surface area (Å²) in [5.74, 6) is 2.41. The number of carbonyl (C=O) groups excluding carboxylic acids is 1. The quantitative estimate of drug-likeness (QED) is 0.354. The van der Waals surface area contributed by atoms with Crippen LogP contribution in [0.15, 0.2) is 115 Å². The van der Waals surface area contributed by atoms with Crippen LogP contribution in [0.3, 0.4) is 0 Å². The van der Waals surface area contributed by atoms with Crippen LogP contribution in [0.25, 0.3) is 0 Å². The van der Waals surface area contributed by atoms with Crippen molar-refractivity contribution in [3.05, 3.63) is 121 Å². The van der Waals surface area contributed by atoms with E-state index in [-0.39, 0.29) is 0 Å². The molecule has 0 heterocycles. The van der Waals surface area contributed by atoms with Crippen molar-refractivity contribution < 1.29 is 4.79 Å². The highest BCUT2D eigenvalue weighted by Crippen LogP contribution is 2.43. The number of aldehydes is 1. The van der Waals surface area contributed by atoms with Crippen molar-refractivity contribution in [1.29, 1.82) is 0 Å². The maximum atomic E-state index is 11.4. The Morgan fingerprint density at radius 3 is 1.50 bits per heavy atom. The van der Waals surface area contributed by atoms with Crippen LogP contribution in [0, 0.1) is 0 Å². The molecule has 4 aromatic rings. The van der Waals surface area contributed by atoms with Gasteiger partial charge in [0.1, 0.15) is 0 Å². The number of nitrogens with one attached hydrogen (secondary N) is 1. The SMILES string of the molecule is O=Cc1ccccc1NCC=P(c1ccccc1)(c1ccccc1)c1ccccc1. The maximum absolute atomic E-state index is 11.4. The molecule has 2 nitrogen and oxygen atoms in total. The lowest BCUT2D eigenvalue weighted by molar-refractivity contribution is 0.112. The van der Waals surface area contributed by atoms with E-state index < -0.39 is 6.89 Å². The third-order valence-electron chi connectivity index (χ3n) is 5.24. The molecule has 0 aliphatic heterocycles. The molecule has 0 saturated carbocycles. The highest BCUT2D eigenvalue weighted by atomic mass is 31.2. The molecule has 0 amide bonds. The van der Waals surface area contributed by atoms with E-state index in [1.165, 1.54) is 15.9 Å². The van der Waals surface area contributed by atoms with Crippen molar-refractivity contribution in [3.8, 4) is 0 Å². The first kappa shape index (κ1) is 19.9. The minimum Gasteiger partial charge on any atom is -0.381 e.